The molecule has 1 aliphatic rings. The van der Waals surface area contributed by atoms with Gasteiger partial charge in [0.1, 0.15) is 5.78 Å². The zero-order chi connectivity index (χ0) is 14.2. The second-order valence-corrected chi connectivity index (χ2v) is 5.73. The molecule has 1 radical (unpaired) electrons. The molecule has 0 spiro atoms. The van der Waals surface area contributed by atoms with Crippen molar-refractivity contribution >= 4 is 5.78 Å². The quantitative estimate of drug-likeness (QED) is 0.814. The fourth-order valence-electron chi connectivity index (χ4n) is 3.36. The molecule has 0 aromatic heterocycles. The van der Waals surface area contributed by atoms with Crippen molar-refractivity contribution in [2.45, 2.75) is 18.8 Å². The van der Waals surface area contributed by atoms with Crippen molar-refractivity contribution in [1.29, 1.82) is 0 Å². The highest BCUT2D eigenvalue weighted by molar-refractivity contribution is 5.80. The van der Waals surface area contributed by atoms with E-state index in [0.29, 0.717) is 5.92 Å². The zero-order valence-corrected chi connectivity index (χ0v) is 11.8. The summed E-state index contributed by atoms with van der Waals surface area (Å²) in [6, 6.07) is 21.0. The third-order valence-electron chi connectivity index (χ3n) is 4.60. The summed E-state index contributed by atoms with van der Waals surface area (Å²) in [5.74, 6) is 0.365. The molecular formula is C19H19O. The predicted octanol–water partition coefficient (Wildman–Crippen LogP) is 4.03. The average molecular weight is 263 g/mol. The zero-order valence-electron chi connectivity index (χ0n) is 11.8. The summed E-state index contributed by atoms with van der Waals surface area (Å²) in [7, 11) is 0. The number of carbonyl (C=O) groups excluding carboxylic acids is 1. The lowest BCUT2D eigenvalue weighted by atomic mass is 9.82. The maximum Gasteiger partial charge on any atom is 0.133 e. The van der Waals surface area contributed by atoms with Gasteiger partial charge in [-0.1, -0.05) is 60.7 Å². The van der Waals surface area contributed by atoms with Crippen molar-refractivity contribution in [2.75, 3.05) is 0 Å². The third-order valence-corrected chi connectivity index (χ3v) is 4.60. The van der Waals surface area contributed by atoms with Crippen molar-refractivity contribution in [3.05, 3.63) is 78.7 Å². The van der Waals surface area contributed by atoms with E-state index >= 15 is 0 Å². The van der Waals surface area contributed by atoms with Gasteiger partial charge in [0.25, 0.3) is 0 Å². The first-order valence-electron chi connectivity index (χ1n) is 7.11. The van der Waals surface area contributed by atoms with Crippen LogP contribution in [0.1, 0.15) is 24.5 Å². The van der Waals surface area contributed by atoms with Crippen LogP contribution < -0.4 is 0 Å². The molecule has 2 aromatic rings. The monoisotopic (exact) mass is 263 g/mol. The number of hydrogen-bond acceptors (Lipinski definition) is 1. The molecule has 0 amide bonds. The number of Topliss-reactive ketones (excluding diaryl/α,β-unsaturated/α-hetero) is 1. The Morgan fingerprint density at radius 2 is 1.50 bits per heavy atom. The second-order valence-electron chi connectivity index (χ2n) is 5.73. The molecule has 2 aromatic carbocycles. The highest BCUT2D eigenvalue weighted by atomic mass is 16.1. The summed E-state index contributed by atoms with van der Waals surface area (Å²) in [4.78, 5) is 11.7. The standard InChI is InChI=1S/C19H19O/c1-14(15(2)20)18-13-19(18,16-9-5-3-6-10-16)17-11-7-4-8-12-17/h3-12,14,18H,1,13H2,2H3. The fourth-order valence-corrected chi connectivity index (χ4v) is 3.36. The van der Waals surface area contributed by atoms with Crippen molar-refractivity contribution < 1.29 is 4.79 Å². The normalized spacial score (nSPS) is 21.2. The van der Waals surface area contributed by atoms with Gasteiger partial charge >= 0.3 is 0 Å². The molecule has 0 bridgehead atoms. The van der Waals surface area contributed by atoms with Crippen molar-refractivity contribution in [1.82, 2.24) is 0 Å². The number of carbonyl (C=O) groups is 1. The Morgan fingerprint density at radius 3 is 1.90 bits per heavy atom. The first-order chi connectivity index (χ1) is 9.66. The minimum atomic E-state index is -0.129. The van der Waals surface area contributed by atoms with Crippen LogP contribution in [0.4, 0.5) is 0 Å². The summed E-state index contributed by atoms with van der Waals surface area (Å²) >= 11 is 0. The highest BCUT2D eigenvalue weighted by Crippen LogP contribution is 2.61. The van der Waals surface area contributed by atoms with E-state index in [2.05, 4.69) is 55.5 Å². The Bertz CT molecular complexity index is 561. The molecule has 2 atom stereocenters. The van der Waals surface area contributed by atoms with Gasteiger partial charge in [0.05, 0.1) is 0 Å². The molecule has 1 heteroatoms. The van der Waals surface area contributed by atoms with Gasteiger partial charge < -0.3 is 0 Å². The molecule has 1 fully saturated rings. The summed E-state index contributed by atoms with van der Waals surface area (Å²) in [6.45, 7) is 5.75. The van der Waals surface area contributed by atoms with Gasteiger partial charge in [0, 0.05) is 11.3 Å². The highest BCUT2D eigenvalue weighted by Gasteiger charge is 2.58. The summed E-state index contributed by atoms with van der Waals surface area (Å²) < 4.78 is 0. The molecule has 0 aliphatic heterocycles. The van der Waals surface area contributed by atoms with Crippen molar-refractivity contribution in [2.24, 2.45) is 11.8 Å². The van der Waals surface area contributed by atoms with Gasteiger partial charge in [-0.05, 0) is 37.3 Å². The minimum Gasteiger partial charge on any atom is -0.300 e. The van der Waals surface area contributed by atoms with E-state index in [1.807, 2.05) is 12.1 Å². The Morgan fingerprint density at radius 1 is 1.05 bits per heavy atom. The lowest BCUT2D eigenvalue weighted by Gasteiger charge is -2.21. The van der Waals surface area contributed by atoms with Crippen LogP contribution in [0, 0.1) is 18.8 Å². The van der Waals surface area contributed by atoms with Gasteiger partial charge in [-0.15, -0.1) is 0 Å². The molecule has 0 saturated heterocycles. The lowest BCUT2D eigenvalue weighted by Crippen LogP contribution is -2.19. The van der Waals surface area contributed by atoms with Gasteiger partial charge in [-0.3, -0.25) is 4.79 Å². The van der Waals surface area contributed by atoms with Crippen molar-refractivity contribution in [3.63, 3.8) is 0 Å². The van der Waals surface area contributed by atoms with Gasteiger partial charge in [0.2, 0.25) is 0 Å². The van der Waals surface area contributed by atoms with Gasteiger partial charge in [-0.2, -0.15) is 0 Å². The largest absolute Gasteiger partial charge is 0.300 e. The number of ketones is 1. The van der Waals surface area contributed by atoms with Crippen LogP contribution in [-0.2, 0) is 10.2 Å². The molecule has 101 valence electrons. The first kappa shape index (κ1) is 13.1. The maximum absolute atomic E-state index is 11.7. The van der Waals surface area contributed by atoms with Crippen LogP contribution in [0.2, 0.25) is 0 Å². The Kier molecular flexibility index (Phi) is 3.21. The van der Waals surface area contributed by atoms with Crippen LogP contribution in [0.15, 0.2) is 60.7 Å². The Balaban J connectivity index is 2.06. The topological polar surface area (TPSA) is 17.1 Å². The molecule has 3 rings (SSSR count). The second kappa shape index (κ2) is 4.90. The SMILES string of the molecule is [CH2]C(C(C)=O)C1CC1(c1ccccc1)c1ccccc1. The molecule has 1 nitrogen and oxygen atoms in total. The summed E-state index contributed by atoms with van der Waals surface area (Å²) in [6.07, 6.45) is 1.01. The fraction of sp³-hybridized carbons (Fsp3) is 0.263. The first-order valence-corrected chi connectivity index (χ1v) is 7.11. The molecule has 1 aliphatic carbocycles. The number of rotatable bonds is 4. The molecule has 2 unspecified atom stereocenters. The maximum atomic E-state index is 11.7. The van der Waals surface area contributed by atoms with E-state index in [-0.39, 0.29) is 17.1 Å². The molecule has 0 heterocycles. The van der Waals surface area contributed by atoms with Crippen molar-refractivity contribution in [3.8, 4) is 0 Å². The van der Waals surface area contributed by atoms with E-state index in [0.717, 1.165) is 6.42 Å². The third kappa shape index (κ3) is 1.98. The smallest absolute Gasteiger partial charge is 0.133 e. The van der Waals surface area contributed by atoms with Gasteiger partial charge in [-0.25, -0.2) is 0 Å². The number of benzene rings is 2. The van der Waals surface area contributed by atoms with E-state index in [1.54, 1.807) is 6.92 Å². The van der Waals surface area contributed by atoms with Crippen LogP contribution in [-0.4, -0.2) is 5.78 Å². The van der Waals surface area contributed by atoms with Gasteiger partial charge in [0.15, 0.2) is 0 Å². The van der Waals surface area contributed by atoms with E-state index in [9.17, 15) is 4.79 Å². The van der Waals surface area contributed by atoms with E-state index < -0.39 is 0 Å². The molecule has 0 N–H and O–H groups in total. The summed E-state index contributed by atoms with van der Waals surface area (Å²) in [5, 5.41) is 0. The molecule has 1 saturated carbocycles. The Hall–Kier alpha value is -1.89. The van der Waals surface area contributed by atoms with Crippen LogP contribution in [0.5, 0.6) is 0 Å². The predicted molar refractivity (Wildman–Crippen MR) is 81.3 cm³/mol. The van der Waals surface area contributed by atoms with Crippen LogP contribution >= 0.6 is 0 Å². The summed E-state index contributed by atoms with van der Waals surface area (Å²) in [5.41, 5.74) is 2.57. The lowest BCUT2D eigenvalue weighted by molar-refractivity contribution is -0.120. The van der Waals surface area contributed by atoms with Crippen LogP contribution in [0.3, 0.4) is 0 Å². The Labute approximate surface area is 120 Å². The van der Waals surface area contributed by atoms with Crippen LogP contribution in [0.25, 0.3) is 0 Å². The van der Waals surface area contributed by atoms with E-state index in [1.165, 1.54) is 11.1 Å². The number of hydrogen-bond donors (Lipinski definition) is 0. The molecule has 20 heavy (non-hydrogen) atoms. The molecular weight excluding hydrogens is 244 g/mol. The van der Waals surface area contributed by atoms with E-state index in [4.69, 9.17) is 0 Å². The average Bonchev–Trinajstić information content (AvgIpc) is 3.25. The minimum absolute atomic E-state index is 0.0272.